The third-order valence-corrected chi connectivity index (χ3v) is 5.99. The minimum atomic E-state index is -0.0474. The Balaban J connectivity index is 1.49. The van der Waals surface area contributed by atoms with Crippen molar-refractivity contribution in [3.8, 4) is 11.1 Å². The van der Waals surface area contributed by atoms with Crippen LogP contribution in [0.15, 0.2) is 72.8 Å². The summed E-state index contributed by atoms with van der Waals surface area (Å²) in [6.45, 7) is 10.5. The lowest BCUT2D eigenvalue weighted by atomic mass is 10.0. The van der Waals surface area contributed by atoms with Gasteiger partial charge in [0.05, 0.1) is 0 Å². The molecule has 168 valence electrons. The van der Waals surface area contributed by atoms with Gasteiger partial charge < -0.3 is 5.32 Å². The number of benzene rings is 3. The summed E-state index contributed by atoms with van der Waals surface area (Å²) in [6, 6.07) is 25.1. The molecule has 1 N–H and O–H groups in total. The zero-order valence-electron chi connectivity index (χ0n) is 19.4. The van der Waals surface area contributed by atoms with Gasteiger partial charge in [-0.15, -0.1) is 0 Å². The van der Waals surface area contributed by atoms with Gasteiger partial charge in [-0.2, -0.15) is 0 Å². The van der Waals surface area contributed by atoms with Crippen LogP contribution in [0.3, 0.4) is 0 Å². The molecule has 0 aliphatic heterocycles. The van der Waals surface area contributed by atoms with Crippen LogP contribution in [0.1, 0.15) is 49.2 Å². The molecule has 3 aromatic rings. The summed E-state index contributed by atoms with van der Waals surface area (Å²) in [5.41, 5.74) is 5.36. The summed E-state index contributed by atoms with van der Waals surface area (Å²) in [4.78, 5) is 15.0. The van der Waals surface area contributed by atoms with Gasteiger partial charge in [-0.25, -0.2) is 0 Å². The number of carbonyl (C=O) groups excluding carboxylic acids is 1. The minimum absolute atomic E-state index is 0.0474. The van der Waals surface area contributed by atoms with Crippen LogP contribution in [0.25, 0.3) is 11.1 Å². The van der Waals surface area contributed by atoms with E-state index in [0.717, 1.165) is 24.1 Å². The zero-order chi connectivity index (χ0) is 23.1. The third-order valence-electron chi connectivity index (χ3n) is 5.74. The number of carbonyl (C=O) groups is 1. The summed E-state index contributed by atoms with van der Waals surface area (Å²) in [6.07, 6.45) is 0.812. The second-order valence-electron chi connectivity index (χ2n) is 8.77. The first-order valence-corrected chi connectivity index (χ1v) is 11.7. The van der Waals surface area contributed by atoms with Crippen molar-refractivity contribution in [3.05, 3.63) is 94.5 Å². The molecule has 0 radical (unpaired) electrons. The second kappa shape index (κ2) is 11.3. The Morgan fingerprint density at radius 3 is 1.81 bits per heavy atom. The van der Waals surface area contributed by atoms with E-state index in [1.165, 1.54) is 11.1 Å². The van der Waals surface area contributed by atoms with Gasteiger partial charge in [0, 0.05) is 35.8 Å². The van der Waals surface area contributed by atoms with E-state index in [-0.39, 0.29) is 5.91 Å². The fraction of sp³-hybridized carbons (Fsp3) is 0.321. The Kier molecular flexibility index (Phi) is 8.49. The van der Waals surface area contributed by atoms with Crippen LogP contribution >= 0.6 is 11.6 Å². The molecule has 0 bridgehead atoms. The van der Waals surface area contributed by atoms with E-state index in [1.54, 1.807) is 0 Å². The van der Waals surface area contributed by atoms with Crippen LogP contribution in [0.4, 0.5) is 0 Å². The SMILES string of the molecule is CC(C)N(Cc1ccc(CCNC(=O)c2ccc(-c3ccc(Cl)cc3)cc2)cc1)C(C)C. The van der Waals surface area contributed by atoms with Crippen molar-refractivity contribution >= 4 is 17.5 Å². The van der Waals surface area contributed by atoms with Gasteiger partial charge in [-0.1, -0.05) is 60.1 Å². The molecular weight excluding hydrogens is 416 g/mol. The second-order valence-corrected chi connectivity index (χ2v) is 9.20. The number of nitrogens with zero attached hydrogens (tertiary/aromatic N) is 1. The zero-order valence-corrected chi connectivity index (χ0v) is 20.2. The highest BCUT2D eigenvalue weighted by molar-refractivity contribution is 6.30. The van der Waals surface area contributed by atoms with Crippen molar-refractivity contribution in [1.29, 1.82) is 0 Å². The average molecular weight is 449 g/mol. The molecule has 4 heteroatoms. The number of rotatable bonds is 9. The molecule has 3 rings (SSSR count). The van der Waals surface area contributed by atoms with Crippen molar-refractivity contribution in [2.45, 2.75) is 52.7 Å². The number of halogens is 1. The maximum absolute atomic E-state index is 12.5. The van der Waals surface area contributed by atoms with Gasteiger partial charge in [0.25, 0.3) is 5.91 Å². The van der Waals surface area contributed by atoms with Crippen LogP contribution < -0.4 is 5.32 Å². The Hall–Kier alpha value is -2.62. The van der Waals surface area contributed by atoms with Crippen molar-refractivity contribution < 1.29 is 4.79 Å². The molecule has 0 aliphatic rings. The Bertz CT molecular complexity index is 985. The number of nitrogens with one attached hydrogen (secondary N) is 1. The normalized spacial score (nSPS) is 11.4. The number of amides is 1. The van der Waals surface area contributed by atoms with E-state index >= 15 is 0 Å². The molecule has 0 aromatic heterocycles. The molecule has 0 unspecified atom stereocenters. The summed E-state index contributed by atoms with van der Waals surface area (Å²) in [5, 5.41) is 3.74. The molecular formula is C28H33ClN2O. The first-order chi connectivity index (χ1) is 15.3. The largest absolute Gasteiger partial charge is 0.352 e. The Labute approximate surface area is 197 Å². The van der Waals surface area contributed by atoms with Gasteiger partial charge in [-0.3, -0.25) is 9.69 Å². The molecule has 0 heterocycles. The Morgan fingerprint density at radius 2 is 1.28 bits per heavy atom. The first-order valence-electron chi connectivity index (χ1n) is 11.3. The number of hydrogen-bond acceptors (Lipinski definition) is 2. The third kappa shape index (κ3) is 6.69. The minimum Gasteiger partial charge on any atom is -0.352 e. The van der Waals surface area contributed by atoms with Gasteiger partial charge in [0.2, 0.25) is 0 Å². The van der Waals surface area contributed by atoms with Crippen molar-refractivity contribution in [2.24, 2.45) is 0 Å². The quantitative estimate of drug-likeness (QED) is 0.400. The standard InChI is InChI=1S/C28H33ClN2O/c1-20(2)31(21(3)4)19-23-7-5-22(6-8-23)17-18-30-28(32)26-11-9-24(10-12-26)25-13-15-27(29)16-14-25/h5-16,20-21H,17-19H2,1-4H3,(H,30,32). The molecule has 3 aromatic carbocycles. The molecule has 0 saturated heterocycles. The molecule has 32 heavy (non-hydrogen) atoms. The van der Waals surface area contributed by atoms with E-state index < -0.39 is 0 Å². The monoisotopic (exact) mass is 448 g/mol. The smallest absolute Gasteiger partial charge is 0.251 e. The van der Waals surface area contributed by atoms with E-state index in [4.69, 9.17) is 11.6 Å². The lowest BCUT2D eigenvalue weighted by molar-refractivity contribution is 0.0954. The van der Waals surface area contributed by atoms with E-state index in [9.17, 15) is 4.79 Å². The molecule has 0 fully saturated rings. The highest BCUT2D eigenvalue weighted by Crippen LogP contribution is 2.22. The first kappa shape index (κ1) is 24.0. The summed E-state index contributed by atoms with van der Waals surface area (Å²) >= 11 is 5.95. The molecule has 0 spiro atoms. The molecule has 0 aliphatic carbocycles. The lowest BCUT2D eigenvalue weighted by Gasteiger charge is -2.30. The molecule has 1 amide bonds. The fourth-order valence-electron chi connectivity index (χ4n) is 3.86. The van der Waals surface area contributed by atoms with Crippen LogP contribution in [0.5, 0.6) is 0 Å². The molecule has 0 saturated carbocycles. The summed E-state index contributed by atoms with van der Waals surface area (Å²) in [5.74, 6) is -0.0474. The predicted octanol–water partition coefficient (Wildman–Crippen LogP) is 6.60. The predicted molar refractivity (Wildman–Crippen MR) is 135 cm³/mol. The van der Waals surface area contributed by atoms with Crippen molar-refractivity contribution in [1.82, 2.24) is 10.2 Å². The Morgan fingerprint density at radius 1 is 0.781 bits per heavy atom. The van der Waals surface area contributed by atoms with E-state index in [0.29, 0.717) is 29.2 Å². The van der Waals surface area contributed by atoms with E-state index in [1.807, 2.05) is 48.5 Å². The van der Waals surface area contributed by atoms with Gasteiger partial charge in [0.1, 0.15) is 0 Å². The van der Waals surface area contributed by atoms with Crippen LogP contribution in [0.2, 0.25) is 5.02 Å². The lowest BCUT2D eigenvalue weighted by Crippen LogP contribution is -2.36. The van der Waals surface area contributed by atoms with Gasteiger partial charge in [-0.05, 0) is 80.6 Å². The van der Waals surface area contributed by atoms with Crippen molar-refractivity contribution in [3.63, 3.8) is 0 Å². The van der Waals surface area contributed by atoms with Crippen LogP contribution in [-0.2, 0) is 13.0 Å². The van der Waals surface area contributed by atoms with Crippen molar-refractivity contribution in [2.75, 3.05) is 6.54 Å². The van der Waals surface area contributed by atoms with Crippen LogP contribution in [0, 0.1) is 0 Å². The van der Waals surface area contributed by atoms with Crippen LogP contribution in [-0.4, -0.2) is 29.4 Å². The van der Waals surface area contributed by atoms with Gasteiger partial charge >= 0.3 is 0 Å². The fourth-order valence-corrected chi connectivity index (χ4v) is 3.99. The van der Waals surface area contributed by atoms with Gasteiger partial charge in [0.15, 0.2) is 0 Å². The molecule has 3 nitrogen and oxygen atoms in total. The summed E-state index contributed by atoms with van der Waals surface area (Å²) < 4.78 is 0. The average Bonchev–Trinajstić information content (AvgIpc) is 2.78. The topological polar surface area (TPSA) is 32.3 Å². The molecule has 0 atom stereocenters. The number of hydrogen-bond donors (Lipinski definition) is 1. The maximum Gasteiger partial charge on any atom is 0.251 e. The van der Waals surface area contributed by atoms with E-state index in [2.05, 4.69) is 62.2 Å². The highest BCUT2D eigenvalue weighted by Gasteiger charge is 2.13. The summed E-state index contributed by atoms with van der Waals surface area (Å²) in [7, 11) is 0. The highest BCUT2D eigenvalue weighted by atomic mass is 35.5. The maximum atomic E-state index is 12.5.